The summed E-state index contributed by atoms with van der Waals surface area (Å²) in [5, 5.41) is 6.73. The van der Waals surface area contributed by atoms with E-state index in [2.05, 4.69) is 34.6 Å². The number of aliphatic imine (C=N–C) groups is 1. The van der Waals surface area contributed by atoms with Gasteiger partial charge < -0.3 is 25.0 Å². The third-order valence-corrected chi connectivity index (χ3v) is 4.26. The highest BCUT2D eigenvalue weighted by Crippen LogP contribution is 2.34. The highest BCUT2D eigenvalue weighted by molar-refractivity contribution is 14.0. The summed E-state index contributed by atoms with van der Waals surface area (Å²) in [5.41, 5.74) is 0.913. The molecule has 1 atom stereocenters. The van der Waals surface area contributed by atoms with Crippen molar-refractivity contribution in [3.8, 4) is 11.5 Å². The molecule has 1 aliphatic carbocycles. The highest BCUT2D eigenvalue weighted by Gasteiger charge is 2.32. The molecule has 0 amide bonds. The van der Waals surface area contributed by atoms with Gasteiger partial charge in [0.2, 0.25) is 0 Å². The molecule has 0 aromatic heterocycles. The summed E-state index contributed by atoms with van der Waals surface area (Å²) in [6.45, 7) is 3.45. The van der Waals surface area contributed by atoms with Crippen molar-refractivity contribution >= 4 is 35.6 Å². The van der Waals surface area contributed by atoms with Crippen molar-refractivity contribution < 1.29 is 9.47 Å². The second kappa shape index (κ2) is 10.7. The Labute approximate surface area is 168 Å². The first-order valence-corrected chi connectivity index (χ1v) is 8.54. The minimum atomic E-state index is 0. The molecular weight excluding hydrogens is 431 g/mol. The average molecular weight is 462 g/mol. The number of methoxy groups -OCH3 is 1. The second-order valence-corrected chi connectivity index (χ2v) is 6.25. The lowest BCUT2D eigenvalue weighted by Gasteiger charge is -2.25. The number of nitrogens with one attached hydrogen (secondary N) is 2. The van der Waals surface area contributed by atoms with E-state index >= 15 is 0 Å². The molecule has 1 aliphatic rings. The Bertz CT molecular complexity index is 560. The number of hydrogen-bond acceptors (Lipinski definition) is 4. The predicted molar refractivity (Wildman–Crippen MR) is 115 cm³/mol. The Kier molecular flexibility index (Phi) is 9.34. The summed E-state index contributed by atoms with van der Waals surface area (Å²) in [4.78, 5) is 6.60. The van der Waals surface area contributed by atoms with Crippen molar-refractivity contribution in [2.75, 3.05) is 46.7 Å². The van der Waals surface area contributed by atoms with Gasteiger partial charge in [0.05, 0.1) is 13.7 Å². The van der Waals surface area contributed by atoms with E-state index in [0.29, 0.717) is 18.4 Å². The number of nitrogens with zero attached hydrogens (tertiary/aromatic N) is 2. The number of halogens is 1. The number of benzene rings is 1. The summed E-state index contributed by atoms with van der Waals surface area (Å²) >= 11 is 0. The van der Waals surface area contributed by atoms with Crippen LogP contribution in [0.1, 0.15) is 19.8 Å². The molecular formula is C18H31IN4O2. The molecule has 142 valence electrons. The summed E-state index contributed by atoms with van der Waals surface area (Å²) in [7, 11) is 7.70. The second-order valence-electron chi connectivity index (χ2n) is 6.25. The third-order valence-electron chi connectivity index (χ3n) is 4.26. The Morgan fingerprint density at radius 2 is 2.04 bits per heavy atom. The molecule has 0 aliphatic heterocycles. The molecule has 0 saturated heterocycles. The largest absolute Gasteiger partial charge is 0.493 e. The SMILES string of the molecule is CCOc1ccc(NC(=NC)NCC(C2CC2)N(C)C)cc1OC.I. The van der Waals surface area contributed by atoms with E-state index in [1.54, 1.807) is 14.2 Å². The van der Waals surface area contributed by atoms with Crippen molar-refractivity contribution in [2.45, 2.75) is 25.8 Å². The van der Waals surface area contributed by atoms with Gasteiger partial charge in [-0.25, -0.2) is 0 Å². The first kappa shape index (κ1) is 21.8. The number of guanidine groups is 1. The molecule has 0 bridgehead atoms. The van der Waals surface area contributed by atoms with Crippen molar-refractivity contribution in [1.29, 1.82) is 0 Å². The van der Waals surface area contributed by atoms with E-state index in [1.807, 2.05) is 25.1 Å². The van der Waals surface area contributed by atoms with Gasteiger partial charge in [0.1, 0.15) is 0 Å². The van der Waals surface area contributed by atoms with Crippen LogP contribution in [-0.4, -0.2) is 58.3 Å². The summed E-state index contributed by atoms with van der Waals surface area (Å²) < 4.78 is 10.9. The molecule has 6 nitrogen and oxygen atoms in total. The minimum Gasteiger partial charge on any atom is -0.493 e. The Morgan fingerprint density at radius 1 is 1.32 bits per heavy atom. The fourth-order valence-corrected chi connectivity index (χ4v) is 2.79. The lowest BCUT2D eigenvalue weighted by atomic mass is 10.1. The van der Waals surface area contributed by atoms with Crippen LogP contribution in [0.4, 0.5) is 5.69 Å². The number of likely N-dealkylation sites (N-methyl/N-ethyl adjacent to an activating group) is 1. The monoisotopic (exact) mass is 462 g/mol. The van der Waals surface area contributed by atoms with Crippen LogP contribution >= 0.6 is 24.0 Å². The predicted octanol–water partition coefficient (Wildman–Crippen LogP) is 3.04. The molecule has 25 heavy (non-hydrogen) atoms. The number of anilines is 1. The molecule has 0 heterocycles. The molecule has 1 aromatic carbocycles. The van der Waals surface area contributed by atoms with E-state index in [-0.39, 0.29) is 24.0 Å². The molecule has 1 saturated carbocycles. The normalized spacial score (nSPS) is 15.4. The van der Waals surface area contributed by atoms with Gasteiger partial charge in [-0.3, -0.25) is 4.99 Å². The maximum atomic E-state index is 5.55. The smallest absolute Gasteiger partial charge is 0.195 e. The van der Waals surface area contributed by atoms with Crippen molar-refractivity contribution in [3.63, 3.8) is 0 Å². The summed E-state index contributed by atoms with van der Waals surface area (Å²) in [6.07, 6.45) is 2.65. The van der Waals surface area contributed by atoms with Gasteiger partial charge in [0.25, 0.3) is 0 Å². The molecule has 2 N–H and O–H groups in total. The Morgan fingerprint density at radius 3 is 2.56 bits per heavy atom. The number of hydrogen-bond donors (Lipinski definition) is 2. The number of rotatable bonds is 8. The highest BCUT2D eigenvalue weighted by atomic mass is 127. The van der Waals surface area contributed by atoms with Gasteiger partial charge in [-0.2, -0.15) is 0 Å². The zero-order chi connectivity index (χ0) is 17.5. The van der Waals surface area contributed by atoms with Crippen molar-refractivity contribution in [3.05, 3.63) is 18.2 Å². The van der Waals surface area contributed by atoms with Crippen LogP contribution in [0.5, 0.6) is 11.5 Å². The molecule has 0 spiro atoms. The van der Waals surface area contributed by atoms with Crippen LogP contribution in [0.15, 0.2) is 23.2 Å². The van der Waals surface area contributed by atoms with E-state index < -0.39 is 0 Å². The summed E-state index contributed by atoms with van der Waals surface area (Å²) in [6, 6.07) is 6.33. The molecule has 2 rings (SSSR count). The van der Waals surface area contributed by atoms with Gasteiger partial charge in [-0.1, -0.05) is 0 Å². The van der Waals surface area contributed by atoms with Crippen molar-refractivity contribution in [1.82, 2.24) is 10.2 Å². The minimum absolute atomic E-state index is 0. The van der Waals surface area contributed by atoms with Gasteiger partial charge in [-0.05, 0) is 51.9 Å². The Hall–Kier alpha value is -1.22. The zero-order valence-corrected chi connectivity index (χ0v) is 18.2. The van der Waals surface area contributed by atoms with Crippen LogP contribution in [0, 0.1) is 5.92 Å². The fraction of sp³-hybridized carbons (Fsp3) is 0.611. The fourth-order valence-electron chi connectivity index (χ4n) is 2.79. The first-order valence-electron chi connectivity index (χ1n) is 8.54. The standard InChI is InChI=1S/C18H30N4O2.HI/c1-6-24-16-10-9-14(11-17(16)23-5)21-18(19-2)20-12-15(22(3)4)13-7-8-13;/h9-11,13,15H,6-8,12H2,1-5H3,(H2,19,20,21);1H. The molecule has 7 heteroatoms. The lowest BCUT2D eigenvalue weighted by molar-refractivity contribution is 0.264. The lowest BCUT2D eigenvalue weighted by Crippen LogP contribution is -2.43. The molecule has 1 unspecified atom stereocenters. The Balaban J connectivity index is 0.00000312. The first-order chi connectivity index (χ1) is 11.6. The van der Waals surface area contributed by atoms with Crippen molar-refractivity contribution in [2.24, 2.45) is 10.9 Å². The van der Waals surface area contributed by atoms with E-state index in [9.17, 15) is 0 Å². The van der Waals surface area contributed by atoms with E-state index in [1.165, 1.54) is 12.8 Å². The topological polar surface area (TPSA) is 58.1 Å². The van der Waals surface area contributed by atoms with Crippen LogP contribution in [0.2, 0.25) is 0 Å². The van der Waals surface area contributed by atoms with Gasteiger partial charge in [0.15, 0.2) is 17.5 Å². The molecule has 1 aromatic rings. The zero-order valence-electron chi connectivity index (χ0n) is 15.8. The van der Waals surface area contributed by atoms with E-state index in [4.69, 9.17) is 9.47 Å². The van der Waals surface area contributed by atoms with E-state index in [0.717, 1.165) is 29.9 Å². The summed E-state index contributed by atoms with van der Waals surface area (Å²) in [5.74, 6) is 3.02. The van der Waals surface area contributed by atoms with Gasteiger partial charge in [-0.15, -0.1) is 24.0 Å². The van der Waals surface area contributed by atoms with Crippen LogP contribution in [-0.2, 0) is 0 Å². The third kappa shape index (κ3) is 6.54. The molecule has 1 fully saturated rings. The van der Waals surface area contributed by atoms with Crippen LogP contribution in [0.25, 0.3) is 0 Å². The van der Waals surface area contributed by atoms with Gasteiger partial charge >= 0.3 is 0 Å². The van der Waals surface area contributed by atoms with Crippen LogP contribution in [0.3, 0.4) is 0 Å². The number of ether oxygens (including phenoxy) is 2. The maximum Gasteiger partial charge on any atom is 0.195 e. The van der Waals surface area contributed by atoms with Crippen LogP contribution < -0.4 is 20.1 Å². The van der Waals surface area contributed by atoms with Gasteiger partial charge in [0, 0.05) is 31.4 Å². The average Bonchev–Trinajstić information content (AvgIpc) is 3.40. The molecule has 0 radical (unpaired) electrons. The maximum absolute atomic E-state index is 5.55. The quantitative estimate of drug-likeness (QED) is 0.354.